The summed E-state index contributed by atoms with van der Waals surface area (Å²) in [7, 11) is 0. The Hall–Kier alpha value is -3.46. The van der Waals surface area contributed by atoms with Crippen LogP contribution in [0, 0.1) is 13.8 Å². The number of carbonyl (C=O) groups is 3. The molecule has 8 nitrogen and oxygen atoms in total. The van der Waals surface area contributed by atoms with Gasteiger partial charge in [-0.1, -0.05) is 39.0 Å². The lowest BCUT2D eigenvalue weighted by molar-refractivity contribution is -0.125. The van der Waals surface area contributed by atoms with Crippen molar-refractivity contribution < 1.29 is 19.1 Å². The molecule has 0 aromatic heterocycles. The van der Waals surface area contributed by atoms with Crippen LogP contribution in [0.1, 0.15) is 50.3 Å². The molecule has 0 aliphatic carbocycles. The van der Waals surface area contributed by atoms with E-state index in [9.17, 15) is 14.4 Å². The molecule has 9 heteroatoms. The van der Waals surface area contributed by atoms with Gasteiger partial charge in [0.25, 0.3) is 5.91 Å². The maximum Gasteiger partial charge on any atom is 0.264 e. The molecule has 0 atom stereocenters. The van der Waals surface area contributed by atoms with Crippen molar-refractivity contribution in [1.29, 1.82) is 0 Å². The molecule has 0 unspecified atom stereocenters. The third kappa shape index (κ3) is 9.19. The molecular weight excluding hydrogens is 452 g/mol. The van der Waals surface area contributed by atoms with E-state index in [2.05, 4.69) is 42.3 Å². The van der Waals surface area contributed by atoms with E-state index in [-0.39, 0.29) is 35.9 Å². The van der Waals surface area contributed by atoms with E-state index in [4.69, 9.17) is 17.0 Å². The lowest BCUT2D eigenvalue weighted by Gasteiger charge is -2.19. The van der Waals surface area contributed by atoms with E-state index in [0.717, 1.165) is 16.7 Å². The third-order valence-electron chi connectivity index (χ3n) is 5.03. The summed E-state index contributed by atoms with van der Waals surface area (Å²) in [6, 6.07) is 13.1. The molecule has 182 valence electrons. The Morgan fingerprint density at radius 3 is 2.12 bits per heavy atom. The summed E-state index contributed by atoms with van der Waals surface area (Å²) in [4.78, 5) is 36.0. The zero-order valence-electron chi connectivity index (χ0n) is 20.2. The average Bonchev–Trinajstić information content (AvgIpc) is 2.77. The topological polar surface area (TPSA) is 109 Å². The molecule has 0 radical (unpaired) electrons. The standard InChI is InChI=1S/C25H32N4O4S/c1-16-6-9-19(14-17(16)2)26-21(30)12-13-22(31)28-29-24(34)27-23(32)15-33-20-10-7-18(8-11-20)25(3,4)5/h6-11,14H,12-13,15H2,1-5H3,(H,26,30)(H,28,31)(H2,27,29,32,34). The maximum absolute atomic E-state index is 12.0. The van der Waals surface area contributed by atoms with Crippen LogP contribution >= 0.6 is 12.2 Å². The summed E-state index contributed by atoms with van der Waals surface area (Å²) in [5.41, 5.74) is 8.86. The highest BCUT2D eigenvalue weighted by Gasteiger charge is 2.14. The fourth-order valence-electron chi connectivity index (χ4n) is 2.85. The van der Waals surface area contributed by atoms with Gasteiger partial charge >= 0.3 is 0 Å². The van der Waals surface area contributed by atoms with Crippen molar-refractivity contribution in [3.05, 3.63) is 59.2 Å². The van der Waals surface area contributed by atoms with Crippen molar-refractivity contribution in [2.45, 2.75) is 52.9 Å². The lowest BCUT2D eigenvalue weighted by atomic mass is 9.87. The predicted octanol–water partition coefficient (Wildman–Crippen LogP) is 3.42. The SMILES string of the molecule is Cc1ccc(NC(=O)CCC(=O)NNC(=S)NC(=O)COc2ccc(C(C)(C)C)cc2)cc1C. The smallest absolute Gasteiger partial charge is 0.264 e. The Bertz CT molecular complexity index is 1050. The minimum atomic E-state index is -0.473. The molecule has 0 aliphatic rings. The lowest BCUT2D eigenvalue weighted by Crippen LogP contribution is -2.49. The first-order valence-corrected chi connectivity index (χ1v) is 11.3. The summed E-state index contributed by atoms with van der Waals surface area (Å²) >= 11 is 4.99. The fraction of sp³-hybridized carbons (Fsp3) is 0.360. The van der Waals surface area contributed by atoms with Crippen molar-refractivity contribution in [1.82, 2.24) is 16.2 Å². The molecule has 0 aliphatic heterocycles. The third-order valence-corrected chi connectivity index (χ3v) is 5.23. The highest BCUT2D eigenvalue weighted by Crippen LogP contribution is 2.24. The molecule has 0 spiro atoms. The number of hydrazine groups is 1. The number of anilines is 1. The number of carbonyl (C=O) groups excluding carboxylic acids is 3. The van der Waals surface area contributed by atoms with Crippen LogP contribution in [0.2, 0.25) is 0 Å². The minimum absolute atomic E-state index is 0.00139. The fourth-order valence-corrected chi connectivity index (χ4v) is 3.02. The van der Waals surface area contributed by atoms with Crippen LogP contribution in [0.15, 0.2) is 42.5 Å². The van der Waals surface area contributed by atoms with Crippen LogP contribution < -0.4 is 26.2 Å². The number of thiocarbonyl (C=S) groups is 1. The summed E-state index contributed by atoms with van der Waals surface area (Å²) in [6.45, 7) is 10.1. The molecule has 2 aromatic carbocycles. The molecule has 0 heterocycles. The van der Waals surface area contributed by atoms with Gasteiger partial charge in [0.2, 0.25) is 11.8 Å². The second kappa shape index (κ2) is 12.1. The van der Waals surface area contributed by atoms with E-state index >= 15 is 0 Å². The number of aryl methyl sites for hydroxylation is 2. The zero-order valence-corrected chi connectivity index (χ0v) is 21.0. The van der Waals surface area contributed by atoms with Crippen LogP contribution in [-0.2, 0) is 19.8 Å². The summed E-state index contributed by atoms with van der Waals surface area (Å²) in [6.07, 6.45) is -0.0463. The summed E-state index contributed by atoms with van der Waals surface area (Å²) in [5.74, 6) is -0.627. The van der Waals surface area contributed by atoms with E-state index in [1.165, 1.54) is 0 Å². The van der Waals surface area contributed by atoms with Crippen LogP contribution in [0.5, 0.6) is 5.75 Å². The monoisotopic (exact) mass is 484 g/mol. The van der Waals surface area contributed by atoms with Gasteiger partial charge in [-0.15, -0.1) is 0 Å². The van der Waals surface area contributed by atoms with Gasteiger partial charge in [-0.05, 0) is 72.4 Å². The molecule has 2 aromatic rings. The van der Waals surface area contributed by atoms with Crippen molar-refractivity contribution in [2.75, 3.05) is 11.9 Å². The summed E-state index contributed by atoms with van der Waals surface area (Å²) in [5, 5.41) is 5.09. The largest absolute Gasteiger partial charge is 0.484 e. The normalized spacial score (nSPS) is 10.7. The molecule has 4 N–H and O–H groups in total. The van der Waals surface area contributed by atoms with Crippen molar-refractivity contribution in [2.24, 2.45) is 0 Å². The molecule has 2 rings (SSSR count). The van der Waals surface area contributed by atoms with Crippen LogP contribution in [0.3, 0.4) is 0 Å². The molecule has 0 fully saturated rings. The summed E-state index contributed by atoms with van der Waals surface area (Å²) < 4.78 is 5.46. The molecular formula is C25H32N4O4S. The van der Waals surface area contributed by atoms with Gasteiger partial charge in [0.1, 0.15) is 5.75 Å². The van der Waals surface area contributed by atoms with Crippen molar-refractivity contribution >= 4 is 40.7 Å². The van der Waals surface area contributed by atoms with Crippen LogP contribution in [0.4, 0.5) is 5.69 Å². The molecule has 0 bridgehead atoms. The zero-order chi connectivity index (χ0) is 25.3. The molecule has 0 saturated heterocycles. The van der Waals surface area contributed by atoms with Gasteiger partial charge in [0.05, 0.1) is 0 Å². The Labute approximate surface area is 205 Å². The molecule has 34 heavy (non-hydrogen) atoms. The second-order valence-corrected chi connectivity index (χ2v) is 9.37. The predicted molar refractivity (Wildman–Crippen MR) is 136 cm³/mol. The van der Waals surface area contributed by atoms with Crippen molar-refractivity contribution in [3.63, 3.8) is 0 Å². The van der Waals surface area contributed by atoms with E-state index in [0.29, 0.717) is 11.4 Å². The Balaban J connectivity index is 1.64. The van der Waals surface area contributed by atoms with Gasteiger partial charge in [0.15, 0.2) is 11.7 Å². The number of nitrogens with one attached hydrogen (secondary N) is 4. The molecule has 0 saturated carbocycles. The number of amides is 3. The first kappa shape index (κ1) is 26.8. The minimum Gasteiger partial charge on any atom is -0.484 e. The molecule has 3 amide bonds. The van der Waals surface area contributed by atoms with E-state index < -0.39 is 11.8 Å². The Kier molecular flexibility index (Phi) is 9.56. The highest BCUT2D eigenvalue weighted by molar-refractivity contribution is 7.80. The van der Waals surface area contributed by atoms with E-state index in [1.54, 1.807) is 12.1 Å². The van der Waals surface area contributed by atoms with Gasteiger partial charge in [-0.2, -0.15) is 0 Å². The van der Waals surface area contributed by atoms with Gasteiger partial charge in [0, 0.05) is 18.5 Å². The average molecular weight is 485 g/mol. The number of hydrogen-bond acceptors (Lipinski definition) is 5. The number of benzene rings is 2. The number of ether oxygens (including phenoxy) is 1. The van der Waals surface area contributed by atoms with Crippen molar-refractivity contribution in [3.8, 4) is 5.75 Å². The Morgan fingerprint density at radius 1 is 0.853 bits per heavy atom. The van der Waals surface area contributed by atoms with Gasteiger partial charge in [-0.3, -0.25) is 30.6 Å². The highest BCUT2D eigenvalue weighted by atomic mass is 32.1. The maximum atomic E-state index is 12.0. The second-order valence-electron chi connectivity index (χ2n) is 8.96. The quantitative estimate of drug-likeness (QED) is 0.354. The van der Waals surface area contributed by atoms with E-state index in [1.807, 2.05) is 44.2 Å². The van der Waals surface area contributed by atoms with Crippen LogP contribution in [-0.4, -0.2) is 29.4 Å². The van der Waals surface area contributed by atoms with Gasteiger partial charge < -0.3 is 10.1 Å². The Morgan fingerprint density at radius 2 is 1.50 bits per heavy atom. The number of rotatable bonds is 7. The first-order valence-electron chi connectivity index (χ1n) is 10.9. The first-order chi connectivity index (χ1) is 15.9. The van der Waals surface area contributed by atoms with Crippen LogP contribution in [0.25, 0.3) is 0 Å². The van der Waals surface area contributed by atoms with Gasteiger partial charge in [-0.25, -0.2) is 0 Å². The number of hydrogen-bond donors (Lipinski definition) is 4.